The molecule has 152 valence electrons. The predicted octanol–water partition coefficient (Wildman–Crippen LogP) is 4.05. The molecule has 0 spiro atoms. The van der Waals surface area contributed by atoms with Crippen LogP contribution < -0.4 is 10.2 Å². The van der Waals surface area contributed by atoms with Gasteiger partial charge in [-0.15, -0.1) is 0 Å². The van der Waals surface area contributed by atoms with Crippen molar-refractivity contribution in [3.8, 4) is 6.07 Å². The van der Waals surface area contributed by atoms with E-state index in [2.05, 4.69) is 27.3 Å². The summed E-state index contributed by atoms with van der Waals surface area (Å²) in [4.78, 5) is 14.5. The van der Waals surface area contributed by atoms with Crippen molar-refractivity contribution < 1.29 is 0 Å². The fourth-order valence-corrected chi connectivity index (χ4v) is 4.08. The molecule has 6 nitrogen and oxygen atoms in total. The van der Waals surface area contributed by atoms with Crippen molar-refractivity contribution in [2.75, 3.05) is 36.4 Å². The van der Waals surface area contributed by atoms with E-state index in [4.69, 9.17) is 21.6 Å². The van der Waals surface area contributed by atoms with Crippen LogP contribution in [0.3, 0.4) is 0 Å². The summed E-state index contributed by atoms with van der Waals surface area (Å²) < 4.78 is 0. The van der Waals surface area contributed by atoms with Crippen molar-refractivity contribution in [3.05, 3.63) is 58.6 Å². The molecule has 2 aliphatic rings. The fourth-order valence-electron chi connectivity index (χ4n) is 3.86. The van der Waals surface area contributed by atoms with Crippen LogP contribution in [0.5, 0.6) is 0 Å². The molecule has 5 rings (SSSR count). The quantitative estimate of drug-likeness (QED) is 0.674. The number of piperazine rings is 1. The number of benzene rings is 2. The second-order valence-corrected chi connectivity index (χ2v) is 8.46. The standard InChI is InChI=1S/C23H23ClN6/c24-18-3-1-2-17(12-18)15-29-8-10-30(11-9-29)23-22(26-19-5-6-19)27-20-7-4-16(14-25)13-21(20)28-23/h1-4,7,12-13,19H,5-6,8-11,15H2,(H,26,27). The minimum atomic E-state index is 0.498. The summed E-state index contributed by atoms with van der Waals surface area (Å²) in [6.45, 7) is 4.58. The number of nitriles is 1. The first-order valence-corrected chi connectivity index (χ1v) is 10.8. The number of hydrogen-bond donors (Lipinski definition) is 1. The molecule has 2 aromatic carbocycles. The molecule has 2 fully saturated rings. The van der Waals surface area contributed by atoms with E-state index in [9.17, 15) is 5.26 Å². The number of nitrogens with zero attached hydrogens (tertiary/aromatic N) is 5. The van der Waals surface area contributed by atoms with Gasteiger partial charge in [0.25, 0.3) is 0 Å². The zero-order valence-corrected chi connectivity index (χ0v) is 17.4. The molecule has 0 bridgehead atoms. The van der Waals surface area contributed by atoms with Gasteiger partial charge < -0.3 is 10.2 Å². The van der Waals surface area contributed by atoms with Gasteiger partial charge in [-0.05, 0) is 48.7 Å². The first-order valence-electron chi connectivity index (χ1n) is 10.4. The van der Waals surface area contributed by atoms with Crippen LogP contribution in [0.2, 0.25) is 5.02 Å². The number of rotatable bonds is 5. The van der Waals surface area contributed by atoms with Crippen LogP contribution in [0, 0.1) is 11.3 Å². The summed E-state index contributed by atoms with van der Waals surface area (Å²) in [6.07, 6.45) is 2.36. The molecule has 1 saturated carbocycles. The van der Waals surface area contributed by atoms with Gasteiger partial charge in [-0.2, -0.15) is 5.26 Å². The maximum absolute atomic E-state index is 9.23. The monoisotopic (exact) mass is 418 g/mol. The Balaban J connectivity index is 1.36. The molecule has 1 N–H and O–H groups in total. The zero-order chi connectivity index (χ0) is 20.5. The Bertz CT molecular complexity index is 1110. The minimum Gasteiger partial charge on any atom is -0.364 e. The Morgan fingerprint density at radius 2 is 1.87 bits per heavy atom. The van der Waals surface area contributed by atoms with Crippen molar-refractivity contribution in [1.82, 2.24) is 14.9 Å². The summed E-state index contributed by atoms with van der Waals surface area (Å²) >= 11 is 6.13. The van der Waals surface area contributed by atoms with Gasteiger partial charge in [0.1, 0.15) is 0 Å². The van der Waals surface area contributed by atoms with E-state index in [1.807, 2.05) is 30.3 Å². The molecule has 1 aliphatic carbocycles. The lowest BCUT2D eigenvalue weighted by atomic mass is 10.2. The topological polar surface area (TPSA) is 68.1 Å². The van der Waals surface area contributed by atoms with Crippen LogP contribution in [0.4, 0.5) is 11.6 Å². The Hall–Kier alpha value is -2.88. The summed E-state index contributed by atoms with van der Waals surface area (Å²) in [7, 11) is 0. The molecule has 30 heavy (non-hydrogen) atoms. The Kier molecular flexibility index (Phi) is 5.16. The van der Waals surface area contributed by atoms with Crippen molar-refractivity contribution in [2.45, 2.75) is 25.4 Å². The van der Waals surface area contributed by atoms with Gasteiger partial charge in [-0.3, -0.25) is 4.90 Å². The lowest BCUT2D eigenvalue weighted by Crippen LogP contribution is -2.46. The second-order valence-electron chi connectivity index (χ2n) is 8.02. The smallest absolute Gasteiger partial charge is 0.172 e. The number of halogens is 1. The van der Waals surface area contributed by atoms with Gasteiger partial charge in [-0.25, -0.2) is 9.97 Å². The highest BCUT2D eigenvalue weighted by Gasteiger charge is 2.27. The highest BCUT2D eigenvalue weighted by molar-refractivity contribution is 6.30. The average molecular weight is 419 g/mol. The molecular formula is C23H23ClN6. The summed E-state index contributed by atoms with van der Waals surface area (Å²) in [5.74, 6) is 1.75. The Morgan fingerprint density at radius 3 is 2.60 bits per heavy atom. The molecule has 1 saturated heterocycles. The van der Waals surface area contributed by atoms with Crippen LogP contribution in [-0.4, -0.2) is 47.1 Å². The van der Waals surface area contributed by atoms with Crippen molar-refractivity contribution >= 4 is 34.3 Å². The first-order chi connectivity index (χ1) is 14.7. The maximum atomic E-state index is 9.23. The van der Waals surface area contributed by atoms with Gasteiger partial charge >= 0.3 is 0 Å². The van der Waals surface area contributed by atoms with Gasteiger partial charge in [-0.1, -0.05) is 23.7 Å². The number of hydrogen-bond acceptors (Lipinski definition) is 6. The largest absolute Gasteiger partial charge is 0.364 e. The Labute approximate surface area is 181 Å². The number of fused-ring (bicyclic) bond motifs is 1. The molecule has 0 atom stereocenters. The molecule has 2 heterocycles. The van der Waals surface area contributed by atoms with Crippen molar-refractivity contribution in [3.63, 3.8) is 0 Å². The average Bonchev–Trinajstić information content (AvgIpc) is 3.58. The van der Waals surface area contributed by atoms with Crippen LogP contribution in [0.1, 0.15) is 24.0 Å². The van der Waals surface area contributed by atoms with Gasteiger partial charge in [0, 0.05) is 43.8 Å². The van der Waals surface area contributed by atoms with Gasteiger partial charge in [0.2, 0.25) is 0 Å². The summed E-state index contributed by atoms with van der Waals surface area (Å²) in [5.41, 5.74) is 3.44. The van der Waals surface area contributed by atoms with Gasteiger partial charge in [0.15, 0.2) is 11.6 Å². The number of anilines is 2. The molecule has 7 heteroatoms. The maximum Gasteiger partial charge on any atom is 0.172 e. The lowest BCUT2D eigenvalue weighted by molar-refractivity contribution is 0.249. The van der Waals surface area contributed by atoms with Crippen LogP contribution in [0.25, 0.3) is 11.0 Å². The lowest BCUT2D eigenvalue weighted by Gasteiger charge is -2.36. The van der Waals surface area contributed by atoms with Crippen molar-refractivity contribution in [1.29, 1.82) is 5.26 Å². The van der Waals surface area contributed by atoms with E-state index in [1.165, 1.54) is 18.4 Å². The molecule has 0 radical (unpaired) electrons. The number of nitrogens with one attached hydrogen (secondary N) is 1. The van der Waals surface area contributed by atoms with Crippen LogP contribution in [-0.2, 0) is 6.54 Å². The predicted molar refractivity (Wildman–Crippen MR) is 120 cm³/mol. The molecular weight excluding hydrogens is 396 g/mol. The third-order valence-corrected chi connectivity index (χ3v) is 5.90. The second kappa shape index (κ2) is 8.10. The summed E-state index contributed by atoms with van der Waals surface area (Å²) in [6, 6.07) is 16.3. The zero-order valence-electron chi connectivity index (χ0n) is 16.7. The number of aromatic nitrogens is 2. The molecule has 3 aromatic rings. The highest BCUT2D eigenvalue weighted by atomic mass is 35.5. The molecule has 0 unspecified atom stereocenters. The third kappa shape index (κ3) is 4.18. The van der Waals surface area contributed by atoms with E-state index >= 15 is 0 Å². The highest BCUT2D eigenvalue weighted by Crippen LogP contribution is 2.31. The SMILES string of the molecule is N#Cc1ccc2nc(NC3CC3)c(N3CCN(Cc4cccc(Cl)c4)CC3)nc2c1. The fraction of sp³-hybridized carbons (Fsp3) is 0.348. The van der Waals surface area contributed by atoms with Crippen LogP contribution >= 0.6 is 11.6 Å². The van der Waals surface area contributed by atoms with Crippen molar-refractivity contribution in [2.24, 2.45) is 0 Å². The molecule has 1 aromatic heterocycles. The van der Waals surface area contributed by atoms with Crippen LogP contribution in [0.15, 0.2) is 42.5 Å². The summed E-state index contributed by atoms with van der Waals surface area (Å²) in [5, 5.41) is 13.6. The van der Waals surface area contributed by atoms with Gasteiger partial charge in [0.05, 0.1) is 22.7 Å². The first kappa shape index (κ1) is 19.1. The molecule has 1 aliphatic heterocycles. The van der Waals surface area contributed by atoms with E-state index < -0.39 is 0 Å². The Morgan fingerprint density at radius 1 is 1.03 bits per heavy atom. The van der Waals surface area contributed by atoms with E-state index in [1.54, 1.807) is 6.07 Å². The van der Waals surface area contributed by atoms with E-state index in [0.717, 1.165) is 60.4 Å². The van der Waals surface area contributed by atoms with E-state index in [-0.39, 0.29) is 0 Å². The van der Waals surface area contributed by atoms with E-state index in [0.29, 0.717) is 11.6 Å². The molecule has 0 amide bonds. The third-order valence-electron chi connectivity index (χ3n) is 5.66. The normalized spacial score (nSPS) is 17.1. The minimum absolute atomic E-state index is 0.498.